The fraction of sp³-hybridized carbons (Fsp3) is 0.314. The lowest BCUT2D eigenvalue weighted by atomic mass is 10.0. The zero-order valence-corrected chi connectivity index (χ0v) is 25.8. The van der Waals surface area contributed by atoms with E-state index in [2.05, 4.69) is 30.0 Å². The molecule has 2 unspecified atom stereocenters. The normalized spacial score (nSPS) is 21.9. The van der Waals surface area contributed by atoms with Crippen LogP contribution in [0.3, 0.4) is 0 Å². The fourth-order valence-electron chi connectivity index (χ4n) is 5.82. The number of amides is 1. The summed E-state index contributed by atoms with van der Waals surface area (Å²) in [4.78, 5) is 21.4. The number of allylic oxidation sites excluding steroid dienone is 3. The average molecular weight is 617 g/mol. The molecule has 1 amide bonds. The van der Waals surface area contributed by atoms with Gasteiger partial charge in [-0.3, -0.25) is 9.89 Å². The topological polar surface area (TPSA) is 51.1 Å². The molecule has 3 aromatic rings. The van der Waals surface area contributed by atoms with Crippen LogP contribution >= 0.6 is 11.8 Å². The van der Waals surface area contributed by atoms with Crippen molar-refractivity contribution in [2.45, 2.75) is 24.8 Å². The summed E-state index contributed by atoms with van der Waals surface area (Å²) in [5, 5.41) is -0.00574. The summed E-state index contributed by atoms with van der Waals surface area (Å²) >= 11 is 1.20. The summed E-state index contributed by atoms with van der Waals surface area (Å²) in [5.74, 6) is -0.324. The van der Waals surface area contributed by atoms with Gasteiger partial charge >= 0.3 is 5.24 Å². The van der Waals surface area contributed by atoms with Crippen LogP contribution in [-0.2, 0) is 16.0 Å². The van der Waals surface area contributed by atoms with E-state index in [0.29, 0.717) is 24.3 Å². The quantitative estimate of drug-likeness (QED) is 0.231. The van der Waals surface area contributed by atoms with E-state index in [1.165, 1.54) is 23.9 Å². The Hall–Kier alpha value is -3.63. The molecule has 0 radical (unpaired) electrons. The van der Waals surface area contributed by atoms with E-state index in [4.69, 9.17) is 14.5 Å². The lowest BCUT2D eigenvalue weighted by molar-refractivity contribution is 0.0285. The van der Waals surface area contributed by atoms with Gasteiger partial charge in [-0.25, -0.2) is 18.1 Å². The molecule has 0 saturated carbocycles. The summed E-state index contributed by atoms with van der Waals surface area (Å²) in [5.41, 5.74) is 4.72. The molecule has 2 atom stereocenters. The van der Waals surface area contributed by atoms with Gasteiger partial charge < -0.3 is 9.47 Å². The number of thioether (sulfide) groups is 1. The van der Waals surface area contributed by atoms with E-state index in [0.717, 1.165) is 78.5 Å². The standard InChI is InChI=1S/C35H36F2N3O3S/c1-3-24-16-31(43-14-11-39-9-12-42-13-10-39)22-38-32(17-24)27-6-4-5-25(15-27)23-40(2)33-20-26(7-8-34(33)44-35(40)41)28-18-29(36)21-30(37)19-28/h4-8,15-22,24H,3,9-14,23H2,1-2H3/q+1. The van der Waals surface area contributed by atoms with Crippen molar-refractivity contribution in [1.29, 1.82) is 0 Å². The number of aliphatic imine (C=N–C) groups is 1. The third-order valence-electron chi connectivity index (χ3n) is 8.34. The van der Waals surface area contributed by atoms with E-state index in [1.54, 1.807) is 12.3 Å². The van der Waals surface area contributed by atoms with Crippen molar-refractivity contribution in [2.24, 2.45) is 10.9 Å². The van der Waals surface area contributed by atoms with Gasteiger partial charge in [0.1, 0.15) is 30.5 Å². The molecule has 1 fully saturated rings. The maximum atomic E-state index is 14.0. The summed E-state index contributed by atoms with van der Waals surface area (Å²) in [6.07, 6.45) is 7.01. The SMILES string of the molecule is CCC1C=C(OCCN2CCOCC2)C=NC(c2cccc(C[N+]3(C)C(=O)Sc4ccc(-c5cc(F)cc(F)c5)cc43)c2)=C1. The van der Waals surface area contributed by atoms with Crippen molar-refractivity contribution in [2.75, 3.05) is 46.5 Å². The number of hydrogen-bond acceptors (Lipinski definition) is 6. The number of ether oxygens (including phenoxy) is 2. The molecule has 6 nitrogen and oxygen atoms in total. The van der Waals surface area contributed by atoms with Crippen LogP contribution in [0.1, 0.15) is 24.5 Å². The summed E-state index contributed by atoms with van der Waals surface area (Å²) in [7, 11) is 1.89. The predicted octanol–water partition coefficient (Wildman–Crippen LogP) is 7.68. The molecule has 0 N–H and O–H groups in total. The molecule has 0 spiro atoms. The molecule has 44 heavy (non-hydrogen) atoms. The molecule has 3 aliphatic rings. The fourth-order valence-corrected chi connectivity index (χ4v) is 6.87. The van der Waals surface area contributed by atoms with E-state index in [9.17, 15) is 13.6 Å². The smallest absolute Gasteiger partial charge is 0.385 e. The van der Waals surface area contributed by atoms with Crippen molar-refractivity contribution in [3.63, 3.8) is 0 Å². The number of rotatable bonds is 9. The number of quaternary nitrogens is 1. The van der Waals surface area contributed by atoms with Gasteiger partial charge in [-0.05, 0) is 47.9 Å². The zero-order valence-electron chi connectivity index (χ0n) is 25.0. The molecule has 228 valence electrons. The maximum Gasteiger partial charge on any atom is 0.385 e. The summed E-state index contributed by atoms with van der Waals surface area (Å²) in [6.45, 7) is 7.41. The number of nitrogens with zero attached hydrogens (tertiary/aromatic N) is 3. The van der Waals surface area contributed by atoms with Crippen LogP contribution < -0.4 is 4.48 Å². The van der Waals surface area contributed by atoms with Crippen LogP contribution in [-0.4, -0.2) is 62.9 Å². The zero-order chi connectivity index (χ0) is 30.7. The molecule has 0 aromatic heterocycles. The van der Waals surface area contributed by atoms with Gasteiger partial charge in [-0.15, -0.1) is 0 Å². The molecular weight excluding hydrogens is 580 g/mol. The minimum absolute atomic E-state index is 0.00574. The first-order valence-electron chi connectivity index (χ1n) is 15.0. The molecular formula is C35H36F2N3O3S+. The van der Waals surface area contributed by atoms with Crippen LogP contribution in [0.25, 0.3) is 16.8 Å². The van der Waals surface area contributed by atoms with Crippen molar-refractivity contribution in [3.05, 3.63) is 101 Å². The van der Waals surface area contributed by atoms with Crippen molar-refractivity contribution >= 4 is 34.6 Å². The Morgan fingerprint density at radius 2 is 1.80 bits per heavy atom. The average Bonchev–Trinajstić information content (AvgIpc) is 3.14. The molecule has 0 bridgehead atoms. The molecule has 3 aliphatic heterocycles. The lowest BCUT2D eigenvalue weighted by Crippen LogP contribution is -2.44. The monoisotopic (exact) mass is 616 g/mol. The van der Waals surface area contributed by atoms with Crippen LogP contribution in [0.2, 0.25) is 0 Å². The molecule has 9 heteroatoms. The third kappa shape index (κ3) is 6.71. The number of benzene rings is 3. The molecule has 0 aliphatic carbocycles. The summed E-state index contributed by atoms with van der Waals surface area (Å²) in [6, 6.07) is 17.2. The van der Waals surface area contributed by atoms with E-state index in [1.807, 2.05) is 37.4 Å². The highest BCUT2D eigenvalue weighted by Crippen LogP contribution is 2.47. The Morgan fingerprint density at radius 1 is 1.00 bits per heavy atom. The maximum absolute atomic E-state index is 14.0. The molecule has 6 rings (SSSR count). The van der Waals surface area contributed by atoms with Gasteiger partial charge in [-0.1, -0.05) is 37.3 Å². The molecule has 3 aromatic carbocycles. The second-order valence-electron chi connectivity index (χ2n) is 11.5. The highest BCUT2D eigenvalue weighted by Gasteiger charge is 2.44. The van der Waals surface area contributed by atoms with E-state index < -0.39 is 11.6 Å². The minimum atomic E-state index is -0.636. The largest absolute Gasteiger partial charge is 0.491 e. The van der Waals surface area contributed by atoms with Crippen molar-refractivity contribution in [3.8, 4) is 11.1 Å². The number of fused-ring (bicyclic) bond motifs is 1. The third-order valence-corrected chi connectivity index (χ3v) is 9.48. The Morgan fingerprint density at radius 3 is 2.57 bits per heavy atom. The van der Waals surface area contributed by atoms with Crippen LogP contribution in [0.4, 0.5) is 19.3 Å². The second-order valence-corrected chi connectivity index (χ2v) is 12.5. The van der Waals surface area contributed by atoms with Crippen LogP contribution in [0.5, 0.6) is 0 Å². The lowest BCUT2D eigenvalue weighted by Gasteiger charge is -2.26. The minimum Gasteiger partial charge on any atom is -0.491 e. The highest BCUT2D eigenvalue weighted by molar-refractivity contribution is 8.14. The first-order valence-corrected chi connectivity index (χ1v) is 15.8. The van der Waals surface area contributed by atoms with Gasteiger partial charge in [0.25, 0.3) is 0 Å². The Balaban J connectivity index is 1.20. The number of morpholine rings is 1. The van der Waals surface area contributed by atoms with Gasteiger partial charge in [0.05, 0.1) is 37.1 Å². The van der Waals surface area contributed by atoms with Gasteiger partial charge in [0.2, 0.25) is 0 Å². The van der Waals surface area contributed by atoms with Crippen molar-refractivity contribution in [1.82, 2.24) is 9.38 Å². The predicted molar refractivity (Wildman–Crippen MR) is 172 cm³/mol. The molecule has 1 saturated heterocycles. The Bertz CT molecular complexity index is 1630. The van der Waals surface area contributed by atoms with Crippen molar-refractivity contribution < 1.29 is 23.0 Å². The van der Waals surface area contributed by atoms with E-state index >= 15 is 0 Å². The number of halogens is 2. The number of carbonyl (C=O) groups excluding carboxylic acids is 1. The van der Waals surface area contributed by atoms with Crippen LogP contribution in [0, 0.1) is 17.6 Å². The second kappa shape index (κ2) is 13.2. The first kappa shape index (κ1) is 30.4. The molecule has 3 heterocycles. The summed E-state index contributed by atoms with van der Waals surface area (Å²) < 4.78 is 39.5. The Labute approximate surface area is 261 Å². The van der Waals surface area contributed by atoms with Gasteiger partial charge in [0, 0.05) is 60.6 Å². The number of carbonyl (C=O) groups is 1. The van der Waals surface area contributed by atoms with Gasteiger partial charge in [-0.2, -0.15) is 0 Å². The highest BCUT2D eigenvalue weighted by atomic mass is 32.2. The van der Waals surface area contributed by atoms with E-state index in [-0.39, 0.29) is 15.6 Å². The Kier molecular flexibility index (Phi) is 9.09. The van der Waals surface area contributed by atoms with Gasteiger partial charge in [0.15, 0.2) is 5.69 Å². The first-order chi connectivity index (χ1) is 21.3. The van der Waals surface area contributed by atoms with Crippen LogP contribution in [0.15, 0.2) is 88.5 Å². The number of hydrogen-bond donors (Lipinski definition) is 0.